The lowest BCUT2D eigenvalue weighted by Crippen LogP contribution is -2.27. The van der Waals surface area contributed by atoms with Gasteiger partial charge >= 0.3 is 11.9 Å². The van der Waals surface area contributed by atoms with Crippen molar-refractivity contribution in [2.45, 2.75) is 129 Å². The minimum Gasteiger partial charge on any atom is -0.466 e. The summed E-state index contributed by atoms with van der Waals surface area (Å²) in [6.45, 7) is 4.96. The van der Waals surface area contributed by atoms with Crippen molar-refractivity contribution in [3.63, 3.8) is 0 Å². The summed E-state index contributed by atoms with van der Waals surface area (Å²) >= 11 is 0. The fourth-order valence-electron chi connectivity index (χ4n) is 4.07. The Morgan fingerprint density at radius 2 is 1.31 bits per heavy atom. The largest absolute Gasteiger partial charge is 0.466 e. The molecule has 0 aromatic heterocycles. The molecule has 1 saturated carbocycles. The molecule has 0 heterocycles. The zero-order valence-corrected chi connectivity index (χ0v) is 20.8. The van der Waals surface area contributed by atoms with E-state index in [-0.39, 0.29) is 42.6 Å². The molecule has 0 bridgehead atoms. The van der Waals surface area contributed by atoms with Crippen molar-refractivity contribution < 1.29 is 23.9 Å². The summed E-state index contributed by atoms with van der Waals surface area (Å²) in [6, 6.07) is 0. The first kappa shape index (κ1) is 28.6. The molecule has 1 fully saturated rings. The Morgan fingerprint density at radius 3 is 1.91 bits per heavy atom. The van der Waals surface area contributed by atoms with Crippen molar-refractivity contribution in [1.29, 1.82) is 0 Å². The van der Waals surface area contributed by atoms with Crippen molar-refractivity contribution in [3.05, 3.63) is 0 Å². The molecule has 186 valence electrons. The molecular formula is C27H48O5. The highest BCUT2D eigenvalue weighted by Crippen LogP contribution is 2.30. The van der Waals surface area contributed by atoms with E-state index < -0.39 is 0 Å². The first-order valence-corrected chi connectivity index (χ1v) is 13.4. The lowest BCUT2D eigenvalue weighted by Gasteiger charge is -2.25. The highest BCUT2D eigenvalue weighted by molar-refractivity contribution is 5.82. The van der Waals surface area contributed by atoms with Gasteiger partial charge in [-0.3, -0.25) is 14.4 Å². The van der Waals surface area contributed by atoms with Gasteiger partial charge in [0, 0.05) is 24.7 Å². The van der Waals surface area contributed by atoms with Gasteiger partial charge in [-0.1, -0.05) is 84.5 Å². The van der Waals surface area contributed by atoms with Crippen LogP contribution in [0.25, 0.3) is 0 Å². The first-order valence-electron chi connectivity index (χ1n) is 13.4. The lowest BCUT2D eigenvalue weighted by atomic mass is 9.79. The second-order valence-corrected chi connectivity index (χ2v) is 9.56. The van der Waals surface area contributed by atoms with Crippen LogP contribution in [0.5, 0.6) is 0 Å². The van der Waals surface area contributed by atoms with Gasteiger partial charge < -0.3 is 9.47 Å². The van der Waals surface area contributed by atoms with Gasteiger partial charge in [0.2, 0.25) is 0 Å². The number of Topliss-reactive ketones (excluding diaryl/α,β-unsaturated/α-hetero) is 1. The second-order valence-electron chi connectivity index (χ2n) is 9.56. The van der Waals surface area contributed by atoms with Gasteiger partial charge in [-0.05, 0) is 25.7 Å². The van der Waals surface area contributed by atoms with Gasteiger partial charge in [-0.15, -0.1) is 0 Å². The van der Waals surface area contributed by atoms with Crippen LogP contribution in [0.3, 0.4) is 0 Å². The average molecular weight is 453 g/mol. The Hall–Kier alpha value is -1.39. The molecule has 1 unspecified atom stereocenters. The summed E-state index contributed by atoms with van der Waals surface area (Å²) in [6.07, 6.45) is 17.5. The summed E-state index contributed by atoms with van der Waals surface area (Å²) < 4.78 is 10.8. The number of unbranched alkanes of at least 4 members (excludes halogenated alkanes) is 10. The molecule has 0 aromatic rings. The first-order chi connectivity index (χ1) is 15.6. The van der Waals surface area contributed by atoms with Gasteiger partial charge in [-0.2, -0.15) is 0 Å². The van der Waals surface area contributed by atoms with E-state index in [1.807, 2.05) is 0 Å². The zero-order chi connectivity index (χ0) is 23.4. The van der Waals surface area contributed by atoms with Crippen molar-refractivity contribution in [1.82, 2.24) is 0 Å². The van der Waals surface area contributed by atoms with Crippen LogP contribution in [0.4, 0.5) is 0 Å². The molecule has 0 amide bonds. The maximum absolute atomic E-state index is 12.5. The van der Waals surface area contributed by atoms with Crippen molar-refractivity contribution in [3.8, 4) is 0 Å². The molecule has 0 radical (unpaired) electrons. The maximum Gasteiger partial charge on any atom is 0.306 e. The van der Waals surface area contributed by atoms with Crippen molar-refractivity contribution >= 4 is 17.7 Å². The van der Waals surface area contributed by atoms with E-state index in [4.69, 9.17) is 9.47 Å². The third-order valence-electron chi connectivity index (χ3n) is 6.48. The van der Waals surface area contributed by atoms with E-state index in [2.05, 4.69) is 13.8 Å². The quantitative estimate of drug-likeness (QED) is 0.139. The van der Waals surface area contributed by atoms with E-state index in [0.717, 1.165) is 51.4 Å². The van der Waals surface area contributed by atoms with Crippen LogP contribution >= 0.6 is 0 Å². The SMILES string of the molecule is CCCCCCCCOC(=O)CC(COC(=O)CCCCCCCC)CC(=O)C1CCC1. The van der Waals surface area contributed by atoms with E-state index in [1.165, 1.54) is 44.9 Å². The lowest BCUT2D eigenvalue weighted by molar-refractivity contribution is -0.151. The minimum atomic E-state index is -0.281. The molecule has 5 nitrogen and oxygen atoms in total. The van der Waals surface area contributed by atoms with Crippen LogP contribution < -0.4 is 0 Å². The number of hydrogen-bond donors (Lipinski definition) is 0. The summed E-state index contributed by atoms with van der Waals surface area (Å²) in [5.41, 5.74) is 0. The fourth-order valence-corrected chi connectivity index (χ4v) is 4.07. The summed E-state index contributed by atoms with van der Waals surface area (Å²) in [5, 5.41) is 0. The number of esters is 2. The van der Waals surface area contributed by atoms with Crippen molar-refractivity contribution in [2.24, 2.45) is 11.8 Å². The van der Waals surface area contributed by atoms with Crippen LogP contribution in [-0.4, -0.2) is 30.9 Å². The topological polar surface area (TPSA) is 69.7 Å². The molecule has 0 spiro atoms. The third-order valence-corrected chi connectivity index (χ3v) is 6.48. The predicted molar refractivity (Wildman–Crippen MR) is 128 cm³/mol. The highest BCUT2D eigenvalue weighted by Gasteiger charge is 2.29. The zero-order valence-electron chi connectivity index (χ0n) is 20.8. The molecule has 0 saturated heterocycles. The third kappa shape index (κ3) is 14.6. The van der Waals surface area contributed by atoms with Crippen LogP contribution in [0.2, 0.25) is 0 Å². The molecule has 1 atom stereocenters. The van der Waals surface area contributed by atoms with E-state index >= 15 is 0 Å². The number of ketones is 1. The molecule has 0 N–H and O–H groups in total. The van der Waals surface area contributed by atoms with Crippen molar-refractivity contribution in [2.75, 3.05) is 13.2 Å². The Balaban J connectivity index is 2.29. The Morgan fingerprint density at radius 1 is 0.719 bits per heavy atom. The molecule has 1 rings (SSSR count). The van der Waals surface area contributed by atoms with E-state index in [9.17, 15) is 14.4 Å². The molecule has 0 aliphatic heterocycles. The highest BCUT2D eigenvalue weighted by atomic mass is 16.5. The number of carbonyl (C=O) groups excluding carboxylic acids is 3. The number of carbonyl (C=O) groups is 3. The Kier molecular flexibility index (Phi) is 17.1. The number of rotatable bonds is 21. The smallest absolute Gasteiger partial charge is 0.306 e. The summed E-state index contributed by atoms with van der Waals surface area (Å²) in [7, 11) is 0. The normalized spacial score (nSPS) is 14.6. The molecule has 5 heteroatoms. The number of ether oxygens (including phenoxy) is 2. The van der Waals surface area contributed by atoms with Gasteiger partial charge in [0.15, 0.2) is 0 Å². The van der Waals surface area contributed by atoms with Crippen LogP contribution in [0.15, 0.2) is 0 Å². The Bertz CT molecular complexity index is 512. The molecule has 32 heavy (non-hydrogen) atoms. The number of hydrogen-bond acceptors (Lipinski definition) is 5. The van der Waals surface area contributed by atoms with Gasteiger partial charge in [0.1, 0.15) is 5.78 Å². The predicted octanol–water partition coefficient (Wildman–Crippen LogP) is 6.95. The maximum atomic E-state index is 12.5. The summed E-state index contributed by atoms with van der Waals surface area (Å²) in [4.78, 5) is 36.8. The molecular weight excluding hydrogens is 404 g/mol. The molecule has 1 aliphatic carbocycles. The Labute approximate surface area is 196 Å². The summed E-state index contributed by atoms with van der Waals surface area (Å²) in [5.74, 6) is -0.431. The van der Waals surface area contributed by atoms with Crippen LogP contribution in [0, 0.1) is 11.8 Å². The minimum absolute atomic E-state index is 0.135. The van der Waals surface area contributed by atoms with Gasteiger partial charge in [0.05, 0.1) is 19.6 Å². The van der Waals surface area contributed by atoms with Crippen LogP contribution in [-0.2, 0) is 23.9 Å². The molecule has 0 aromatic carbocycles. The van der Waals surface area contributed by atoms with Gasteiger partial charge in [0.25, 0.3) is 0 Å². The monoisotopic (exact) mass is 452 g/mol. The second kappa shape index (κ2) is 19.1. The fraction of sp³-hybridized carbons (Fsp3) is 0.889. The molecule has 1 aliphatic rings. The van der Waals surface area contributed by atoms with Gasteiger partial charge in [-0.25, -0.2) is 0 Å². The van der Waals surface area contributed by atoms with E-state index in [1.54, 1.807) is 0 Å². The average Bonchev–Trinajstić information content (AvgIpc) is 2.72. The van der Waals surface area contributed by atoms with E-state index in [0.29, 0.717) is 19.4 Å². The van der Waals surface area contributed by atoms with Crippen LogP contribution in [0.1, 0.15) is 129 Å². The standard InChI is InChI=1S/C27H48O5/c1-3-5-7-9-11-13-18-26(29)32-22-23(20-25(28)24-16-15-17-24)21-27(30)31-19-14-12-10-8-6-4-2/h23-24H,3-22H2,1-2H3.